The van der Waals surface area contributed by atoms with Crippen LogP contribution in [-0.4, -0.2) is 38.3 Å². The quantitative estimate of drug-likeness (QED) is 0.560. The van der Waals surface area contributed by atoms with Gasteiger partial charge in [-0.3, -0.25) is 4.79 Å². The first kappa shape index (κ1) is 24.0. The molecule has 2 aromatic rings. The summed E-state index contributed by atoms with van der Waals surface area (Å²) in [4.78, 5) is 12.8. The maximum absolute atomic E-state index is 13.0. The lowest BCUT2D eigenvalue weighted by molar-refractivity contribution is -0.126. The van der Waals surface area contributed by atoms with Crippen LogP contribution >= 0.6 is 27.5 Å². The Hall–Kier alpha value is -1.61. The molecule has 0 aliphatic carbocycles. The second kappa shape index (κ2) is 10.3. The van der Waals surface area contributed by atoms with Crippen molar-refractivity contribution < 1.29 is 17.9 Å². The molecule has 3 rings (SSSR count). The highest BCUT2D eigenvalue weighted by atomic mass is 79.9. The van der Waals surface area contributed by atoms with Crippen LogP contribution in [0.5, 0.6) is 5.75 Å². The van der Waals surface area contributed by atoms with Crippen LogP contribution < -0.4 is 10.1 Å². The molecule has 1 heterocycles. The minimum absolute atomic E-state index is 0.0448. The number of nitrogens with zero attached hydrogens (tertiary/aromatic N) is 1. The SMILES string of the molecule is CCOc1ccc(S(=O)(=O)N2CCC(C(=O)NC(C)c3ccc(Br)cc3)CC2)cc1Cl. The predicted octanol–water partition coefficient (Wildman–Crippen LogP) is 4.78. The minimum Gasteiger partial charge on any atom is -0.492 e. The van der Waals surface area contributed by atoms with Gasteiger partial charge in [-0.15, -0.1) is 0 Å². The van der Waals surface area contributed by atoms with Crippen LogP contribution in [0.2, 0.25) is 5.02 Å². The molecule has 1 atom stereocenters. The molecule has 1 amide bonds. The van der Waals surface area contributed by atoms with E-state index in [1.165, 1.54) is 16.4 Å². The molecule has 0 bridgehead atoms. The average molecular weight is 530 g/mol. The third-order valence-corrected chi connectivity index (χ3v) is 8.11. The van der Waals surface area contributed by atoms with Crippen molar-refractivity contribution in [2.75, 3.05) is 19.7 Å². The van der Waals surface area contributed by atoms with E-state index in [1.54, 1.807) is 6.07 Å². The maximum Gasteiger partial charge on any atom is 0.243 e. The summed E-state index contributed by atoms with van der Waals surface area (Å²) in [6.45, 7) is 4.80. The number of hydrogen-bond acceptors (Lipinski definition) is 4. The van der Waals surface area contributed by atoms with E-state index < -0.39 is 10.0 Å². The number of piperidine rings is 1. The van der Waals surface area contributed by atoms with E-state index >= 15 is 0 Å². The Labute approximate surface area is 197 Å². The Kier molecular flexibility index (Phi) is 8.02. The smallest absolute Gasteiger partial charge is 0.243 e. The van der Waals surface area contributed by atoms with Crippen LogP contribution in [0.3, 0.4) is 0 Å². The Morgan fingerprint density at radius 3 is 2.45 bits per heavy atom. The van der Waals surface area contributed by atoms with Gasteiger partial charge in [-0.2, -0.15) is 4.31 Å². The van der Waals surface area contributed by atoms with E-state index in [0.29, 0.717) is 25.2 Å². The molecule has 9 heteroatoms. The number of amides is 1. The number of rotatable bonds is 7. The first-order valence-electron chi connectivity index (χ1n) is 10.2. The normalized spacial score (nSPS) is 16.6. The van der Waals surface area contributed by atoms with Crippen molar-refractivity contribution >= 4 is 43.5 Å². The lowest BCUT2D eigenvalue weighted by atomic mass is 9.96. The largest absolute Gasteiger partial charge is 0.492 e. The number of nitrogens with one attached hydrogen (secondary N) is 1. The van der Waals surface area contributed by atoms with E-state index in [4.69, 9.17) is 16.3 Å². The zero-order valence-corrected chi connectivity index (χ0v) is 20.6. The number of benzene rings is 2. The van der Waals surface area contributed by atoms with Gasteiger partial charge in [-0.05, 0) is 62.6 Å². The van der Waals surface area contributed by atoms with E-state index in [2.05, 4.69) is 21.2 Å². The monoisotopic (exact) mass is 528 g/mol. The molecule has 0 radical (unpaired) electrons. The maximum atomic E-state index is 13.0. The van der Waals surface area contributed by atoms with Crippen molar-refractivity contribution in [3.8, 4) is 5.75 Å². The van der Waals surface area contributed by atoms with Crippen molar-refractivity contribution in [2.45, 2.75) is 37.6 Å². The number of sulfonamides is 1. The summed E-state index contributed by atoms with van der Waals surface area (Å²) in [6.07, 6.45) is 0.950. The Morgan fingerprint density at radius 1 is 1.23 bits per heavy atom. The van der Waals surface area contributed by atoms with E-state index in [0.717, 1.165) is 10.0 Å². The van der Waals surface area contributed by atoms with Crippen LogP contribution in [0.15, 0.2) is 51.8 Å². The molecule has 1 fully saturated rings. The van der Waals surface area contributed by atoms with E-state index in [1.807, 2.05) is 38.1 Å². The van der Waals surface area contributed by atoms with Crippen LogP contribution in [0.4, 0.5) is 0 Å². The van der Waals surface area contributed by atoms with Gasteiger partial charge >= 0.3 is 0 Å². The van der Waals surface area contributed by atoms with Crippen LogP contribution in [0, 0.1) is 5.92 Å². The first-order chi connectivity index (χ1) is 14.7. The fraction of sp³-hybridized carbons (Fsp3) is 0.409. The molecule has 0 aromatic heterocycles. The summed E-state index contributed by atoms with van der Waals surface area (Å²) in [5.74, 6) is 0.197. The average Bonchev–Trinajstić information content (AvgIpc) is 2.75. The van der Waals surface area contributed by atoms with Crippen LogP contribution in [-0.2, 0) is 14.8 Å². The highest BCUT2D eigenvalue weighted by Crippen LogP contribution is 2.30. The molecule has 1 N–H and O–H groups in total. The van der Waals surface area contributed by atoms with Gasteiger partial charge in [0.05, 0.1) is 22.6 Å². The van der Waals surface area contributed by atoms with Crippen molar-refractivity contribution in [3.63, 3.8) is 0 Å². The molecule has 0 spiro atoms. The molecule has 0 saturated carbocycles. The second-order valence-electron chi connectivity index (χ2n) is 7.49. The first-order valence-corrected chi connectivity index (χ1v) is 12.8. The topological polar surface area (TPSA) is 75.7 Å². The summed E-state index contributed by atoms with van der Waals surface area (Å²) in [5, 5.41) is 3.31. The highest BCUT2D eigenvalue weighted by Gasteiger charge is 2.32. The molecule has 31 heavy (non-hydrogen) atoms. The predicted molar refractivity (Wildman–Crippen MR) is 125 cm³/mol. The van der Waals surface area contributed by atoms with Gasteiger partial charge in [-0.25, -0.2) is 8.42 Å². The van der Waals surface area contributed by atoms with Gasteiger partial charge in [0, 0.05) is 23.5 Å². The lowest BCUT2D eigenvalue weighted by Crippen LogP contribution is -2.43. The van der Waals surface area contributed by atoms with Gasteiger partial charge in [0.15, 0.2) is 0 Å². The molecule has 1 unspecified atom stereocenters. The van der Waals surface area contributed by atoms with E-state index in [-0.39, 0.29) is 40.9 Å². The van der Waals surface area contributed by atoms with Gasteiger partial charge in [-0.1, -0.05) is 39.7 Å². The molecule has 1 saturated heterocycles. The number of halogens is 2. The third kappa shape index (κ3) is 5.80. The van der Waals surface area contributed by atoms with Gasteiger partial charge in [0.2, 0.25) is 15.9 Å². The summed E-state index contributed by atoms with van der Waals surface area (Å²) < 4.78 is 33.8. The third-order valence-electron chi connectivity index (χ3n) is 5.39. The molecule has 2 aromatic carbocycles. The molecule has 6 nitrogen and oxygen atoms in total. The Morgan fingerprint density at radius 2 is 1.87 bits per heavy atom. The summed E-state index contributed by atoms with van der Waals surface area (Å²) in [6, 6.07) is 12.2. The summed E-state index contributed by atoms with van der Waals surface area (Å²) >= 11 is 9.57. The lowest BCUT2D eigenvalue weighted by Gasteiger charge is -2.31. The van der Waals surface area contributed by atoms with Crippen molar-refractivity contribution in [3.05, 3.63) is 57.5 Å². The molecular weight excluding hydrogens is 504 g/mol. The van der Waals surface area contributed by atoms with Gasteiger partial charge < -0.3 is 10.1 Å². The number of carbonyl (C=O) groups excluding carboxylic acids is 1. The standard InChI is InChI=1S/C22H26BrClN2O4S/c1-3-30-21-9-8-19(14-20(21)24)31(28,29)26-12-10-17(11-13-26)22(27)25-15(2)16-4-6-18(23)7-5-16/h4-9,14-15,17H,3,10-13H2,1-2H3,(H,25,27). The van der Waals surface area contributed by atoms with E-state index in [9.17, 15) is 13.2 Å². The second-order valence-corrected chi connectivity index (χ2v) is 10.7. The fourth-order valence-electron chi connectivity index (χ4n) is 3.59. The summed E-state index contributed by atoms with van der Waals surface area (Å²) in [7, 11) is -3.68. The van der Waals surface area contributed by atoms with Gasteiger partial charge in [0.25, 0.3) is 0 Å². The van der Waals surface area contributed by atoms with Crippen molar-refractivity contribution in [1.82, 2.24) is 9.62 Å². The van der Waals surface area contributed by atoms with Crippen LogP contribution in [0.1, 0.15) is 38.3 Å². The zero-order valence-electron chi connectivity index (χ0n) is 17.5. The molecule has 1 aliphatic rings. The van der Waals surface area contributed by atoms with Crippen molar-refractivity contribution in [2.24, 2.45) is 5.92 Å². The number of ether oxygens (including phenoxy) is 1. The number of carbonyl (C=O) groups is 1. The Balaban J connectivity index is 1.59. The zero-order chi connectivity index (χ0) is 22.6. The molecular formula is C22H26BrClN2O4S. The minimum atomic E-state index is -3.68. The Bertz CT molecular complexity index is 1020. The van der Waals surface area contributed by atoms with Crippen molar-refractivity contribution in [1.29, 1.82) is 0 Å². The highest BCUT2D eigenvalue weighted by molar-refractivity contribution is 9.10. The fourth-order valence-corrected chi connectivity index (χ4v) is 5.65. The molecule has 1 aliphatic heterocycles. The summed E-state index contributed by atoms with van der Waals surface area (Å²) in [5.41, 5.74) is 1.02. The molecule has 168 valence electrons. The van der Waals surface area contributed by atoms with Crippen LogP contribution in [0.25, 0.3) is 0 Å². The van der Waals surface area contributed by atoms with Gasteiger partial charge in [0.1, 0.15) is 5.75 Å². The number of hydrogen-bond donors (Lipinski definition) is 1.